The molecule has 2 heterocycles. The SMILES string of the molecule is [B]C(Nc1cc(Cl)c2ncc(C#N)c(N[C@H](CC)c3ccccc3)c2c1)(c1cn(C2CC2)nn1)c1ccccc1Cl. The Hall–Kier alpha value is -4.06. The van der Waals surface area contributed by atoms with E-state index in [0.29, 0.717) is 55.2 Å². The van der Waals surface area contributed by atoms with Crippen LogP contribution in [0.5, 0.6) is 0 Å². The Balaban J connectivity index is 1.47. The molecule has 10 heteroatoms. The minimum atomic E-state index is -1.33. The highest BCUT2D eigenvalue weighted by molar-refractivity contribution is 6.36. The van der Waals surface area contributed by atoms with Crippen molar-refractivity contribution in [2.45, 2.75) is 43.7 Å². The maximum absolute atomic E-state index is 10.0. The summed E-state index contributed by atoms with van der Waals surface area (Å²) in [6.45, 7) is 2.10. The molecule has 1 saturated carbocycles. The summed E-state index contributed by atoms with van der Waals surface area (Å²) >= 11 is 13.5. The van der Waals surface area contributed by atoms with Crippen LogP contribution in [-0.4, -0.2) is 27.8 Å². The van der Waals surface area contributed by atoms with Crippen molar-refractivity contribution >= 4 is 53.3 Å². The molecule has 1 aliphatic carbocycles. The minimum Gasteiger partial charge on any atom is -0.378 e. The second-order valence-corrected chi connectivity index (χ2v) is 11.1. The number of benzene rings is 3. The maximum atomic E-state index is 10.0. The van der Waals surface area contributed by atoms with Gasteiger partial charge in [-0.05, 0) is 48.6 Å². The molecule has 0 saturated heterocycles. The Morgan fingerprint density at radius 3 is 2.56 bits per heavy atom. The van der Waals surface area contributed by atoms with Crippen molar-refractivity contribution < 1.29 is 0 Å². The van der Waals surface area contributed by atoms with E-state index in [1.54, 1.807) is 18.3 Å². The van der Waals surface area contributed by atoms with Crippen LogP contribution in [0.4, 0.5) is 11.4 Å². The van der Waals surface area contributed by atoms with Crippen molar-refractivity contribution in [3.63, 3.8) is 0 Å². The monoisotopic (exact) mass is 577 g/mol. The lowest BCUT2D eigenvalue weighted by molar-refractivity contribution is 0.610. The van der Waals surface area contributed by atoms with Crippen molar-refractivity contribution in [3.05, 3.63) is 112 Å². The normalized spacial score (nSPS) is 15.2. The van der Waals surface area contributed by atoms with Gasteiger partial charge in [-0.25, -0.2) is 4.68 Å². The lowest BCUT2D eigenvalue weighted by Gasteiger charge is -2.32. The largest absolute Gasteiger partial charge is 0.378 e. The third-order valence-corrected chi connectivity index (χ3v) is 8.07. The number of rotatable bonds is 9. The van der Waals surface area contributed by atoms with Crippen LogP contribution in [0.25, 0.3) is 10.9 Å². The molecule has 2 radical (unpaired) electrons. The van der Waals surface area contributed by atoms with Crippen LogP contribution in [0.1, 0.15) is 60.7 Å². The fourth-order valence-electron chi connectivity index (χ4n) is 5.11. The summed E-state index contributed by atoms with van der Waals surface area (Å²) in [6, 6.07) is 23.8. The first kappa shape index (κ1) is 27.1. The van der Waals surface area contributed by atoms with Gasteiger partial charge in [0.25, 0.3) is 0 Å². The van der Waals surface area contributed by atoms with Gasteiger partial charge in [-0.1, -0.05) is 83.9 Å². The van der Waals surface area contributed by atoms with Crippen LogP contribution in [0.15, 0.2) is 79.1 Å². The lowest BCUT2D eigenvalue weighted by atomic mass is 9.69. The quantitative estimate of drug-likeness (QED) is 0.177. The molecular weight excluding hydrogens is 552 g/mol. The van der Waals surface area contributed by atoms with E-state index in [1.165, 1.54) is 0 Å². The molecule has 0 aliphatic heterocycles. The van der Waals surface area contributed by atoms with E-state index in [2.05, 4.69) is 51.1 Å². The third kappa shape index (κ3) is 5.24. The molecule has 1 fully saturated rings. The average Bonchev–Trinajstić information content (AvgIpc) is 3.71. The Bertz CT molecular complexity index is 1760. The molecule has 1 aliphatic rings. The first-order chi connectivity index (χ1) is 19.9. The fourth-order valence-corrected chi connectivity index (χ4v) is 5.66. The zero-order valence-electron chi connectivity index (χ0n) is 22.4. The van der Waals surface area contributed by atoms with E-state index in [0.717, 1.165) is 24.8 Å². The molecule has 6 rings (SSSR count). The Morgan fingerprint density at radius 1 is 1.10 bits per heavy atom. The summed E-state index contributed by atoms with van der Waals surface area (Å²) in [4.78, 5) is 4.52. The van der Waals surface area contributed by atoms with Gasteiger partial charge in [0.1, 0.15) is 19.6 Å². The van der Waals surface area contributed by atoms with Gasteiger partial charge in [-0.2, -0.15) is 5.26 Å². The molecule has 0 bridgehead atoms. The topological polar surface area (TPSA) is 91.5 Å². The number of nitriles is 1. The molecule has 2 aromatic heterocycles. The van der Waals surface area contributed by atoms with Crippen molar-refractivity contribution in [2.75, 3.05) is 10.6 Å². The average molecular weight is 578 g/mol. The van der Waals surface area contributed by atoms with Crippen molar-refractivity contribution in [1.29, 1.82) is 5.26 Å². The van der Waals surface area contributed by atoms with Gasteiger partial charge >= 0.3 is 0 Å². The van der Waals surface area contributed by atoms with E-state index in [9.17, 15) is 5.26 Å². The van der Waals surface area contributed by atoms with Crippen molar-refractivity contribution in [3.8, 4) is 6.07 Å². The molecule has 41 heavy (non-hydrogen) atoms. The summed E-state index contributed by atoms with van der Waals surface area (Å²) in [7, 11) is 7.14. The summed E-state index contributed by atoms with van der Waals surface area (Å²) in [5.74, 6) is 0. The highest BCUT2D eigenvalue weighted by atomic mass is 35.5. The van der Waals surface area contributed by atoms with Crippen LogP contribution >= 0.6 is 23.2 Å². The first-order valence-corrected chi connectivity index (χ1v) is 14.2. The molecule has 2 N–H and O–H groups in total. The van der Waals surface area contributed by atoms with Gasteiger partial charge < -0.3 is 10.6 Å². The van der Waals surface area contributed by atoms with Crippen molar-refractivity contribution in [2.24, 2.45) is 0 Å². The van der Waals surface area contributed by atoms with Crippen LogP contribution in [-0.2, 0) is 5.44 Å². The van der Waals surface area contributed by atoms with E-state index in [4.69, 9.17) is 31.0 Å². The molecule has 3 aromatic carbocycles. The number of halogens is 2. The third-order valence-electron chi connectivity index (χ3n) is 7.45. The summed E-state index contributed by atoms with van der Waals surface area (Å²) in [5, 5.41) is 27.4. The van der Waals surface area contributed by atoms with Crippen LogP contribution in [0, 0.1) is 11.3 Å². The number of nitrogens with one attached hydrogen (secondary N) is 2. The fraction of sp³-hybridized carbons (Fsp3) is 0.226. The highest BCUT2D eigenvalue weighted by Gasteiger charge is 2.35. The lowest BCUT2D eigenvalue weighted by Crippen LogP contribution is -2.38. The number of aromatic nitrogens is 4. The van der Waals surface area contributed by atoms with Crippen LogP contribution in [0.2, 0.25) is 10.0 Å². The molecule has 0 amide bonds. The predicted octanol–water partition coefficient (Wildman–Crippen LogP) is 7.38. The number of pyridine rings is 1. The Kier molecular flexibility index (Phi) is 7.33. The van der Waals surface area contributed by atoms with E-state index in [-0.39, 0.29) is 6.04 Å². The Labute approximate surface area is 249 Å². The zero-order valence-corrected chi connectivity index (χ0v) is 23.9. The number of anilines is 2. The molecule has 2 atom stereocenters. The Morgan fingerprint density at radius 2 is 1.85 bits per heavy atom. The van der Waals surface area contributed by atoms with Gasteiger partial charge in [0.15, 0.2) is 0 Å². The predicted molar refractivity (Wildman–Crippen MR) is 164 cm³/mol. The van der Waals surface area contributed by atoms with Gasteiger partial charge in [-0.15, -0.1) is 5.10 Å². The summed E-state index contributed by atoms with van der Waals surface area (Å²) < 4.78 is 1.85. The minimum absolute atomic E-state index is 0.0292. The first-order valence-electron chi connectivity index (χ1n) is 13.5. The molecule has 1 unspecified atom stereocenters. The molecule has 0 spiro atoms. The highest BCUT2D eigenvalue weighted by Crippen LogP contribution is 2.40. The smallest absolute Gasteiger partial charge is 0.119 e. The van der Waals surface area contributed by atoms with Gasteiger partial charge in [0.2, 0.25) is 0 Å². The second-order valence-electron chi connectivity index (χ2n) is 10.3. The van der Waals surface area contributed by atoms with Crippen LogP contribution in [0.3, 0.4) is 0 Å². The van der Waals surface area contributed by atoms with Gasteiger partial charge in [-0.3, -0.25) is 4.98 Å². The van der Waals surface area contributed by atoms with Gasteiger partial charge in [0.05, 0.1) is 45.5 Å². The molecule has 5 aromatic rings. The molecule has 202 valence electrons. The summed E-state index contributed by atoms with van der Waals surface area (Å²) in [5.41, 5.74) is 3.19. The van der Waals surface area contributed by atoms with E-state index in [1.807, 2.05) is 53.3 Å². The zero-order chi connectivity index (χ0) is 28.6. The number of nitrogens with zero attached hydrogens (tertiary/aromatic N) is 5. The number of hydrogen-bond donors (Lipinski definition) is 2. The standard InChI is InChI=1S/C31H26BCl2N7/c1-2-27(19-8-4-3-5-9-19)37-29-20(16-35)17-36-30-23(29)14-21(15-26(30)34)38-31(32,24-10-6-7-11-25(24)33)28-18-41(40-39-28)22-12-13-22/h3-11,14-15,17-18,22,27,38H,2,12-13H2,1H3,(H,36,37)/t27-,31?/m1/s1. The van der Waals surface area contributed by atoms with E-state index >= 15 is 0 Å². The number of hydrogen-bond acceptors (Lipinski definition) is 6. The van der Waals surface area contributed by atoms with Crippen molar-refractivity contribution in [1.82, 2.24) is 20.0 Å². The van der Waals surface area contributed by atoms with E-state index < -0.39 is 5.44 Å². The number of fused-ring (bicyclic) bond motifs is 1. The molecule has 7 nitrogen and oxygen atoms in total. The summed E-state index contributed by atoms with van der Waals surface area (Å²) in [6.07, 6.45) is 6.34. The van der Waals surface area contributed by atoms with Gasteiger partial charge in [0, 0.05) is 22.3 Å². The second kappa shape index (κ2) is 11.1. The van der Waals surface area contributed by atoms with Crippen LogP contribution < -0.4 is 10.6 Å². The molecular formula is C31H26BCl2N7. The maximum Gasteiger partial charge on any atom is 0.119 e.